The SMILES string of the molecule is O=C(Nc1ccc2c(c1)OC(F)(F)O2)N[C@H](c1ccccc1)c1ccccn1. The molecule has 142 valence electrons. The number of alkyl halides is 2. The maximum Gasteiger partial charge on any atom is 0.586 e. The molecular weight excluding hydrogens is 368 g/mol. The van der Waals surface area contributed by atoms with Crippen molar-refractivity contribution in [2.45, 2.75) is 12.3 Å². The summed E-state index contributed by atoms with van der Waals surface area (Å²) in [6, 6.07) is 17.8. The van der Waals surface area contributed by atoms with Crippen molar-refractivity contribution in [2.24, 2.45) is 0 Å². The fraction of sp³-hybridized carbons (Fsp3) is 0.100. The van der Waals surface area contributed by atoms with Gasteiger partial charge in [-0.25, -0.2) is 4.79 Å². The van der Waals surface area contributed by atoms with Gasteiger partial charge in [-0.15, -0.1) is 8.78 Å². The van der Waals surface area contributed by atoms with Gasteiger partial charge in [0.25, 0.3) is 0 Å². The topological polar surface area (TPSA) is 72.5 Å². The molecular formula is C20H15F2N3O3. The maximum absolute atomic E-state index is 13.1. The molecule has 2 aromatic carbocycles. The number of nitrogens with one attached hydrogen (secondary N) is 2. The monoisotopic (exact) mass is 383 g/mol. The number of ether oxygens (including phenoxy) is 2. The molecule has 0 saturated carbocycles. The van der Waals surface area contributed by atoms with E-state index in [1.54, 1.807) is 18.3 Å². The molecule has 2 heterocycles. The third-order valence-corrected chi connectivity index (χ3v) is 4.05. The summed E-state index contributed by atoms with van der Waals surface area (Å²) < 4.78 is 35.0. The lowest BCUT2D eigenvalue weighted by Gasteiger charge is -2.19. The minimum Gasteiger partial charge on any atom is -0.395 e. The third kappa shape index (κ3) is 3.85. The molecule has 0 saturated heterocycles. The largest absolute Gasteiger partial charge is 0.586 e. The number of fused-ring (bicyclic) bond motifs is 1. The average Bonchev–Trinajstić information content (AvgIpc) is 3.00. The summed E-state index contributed by atoms with van der Waals surface area (Å²) in [7, 11) is 0. The molecule has 0 fully saturated rings. The number of hydrogen-bond donors (Lipinski definition) is 2. The number of carbonyl (C=O) groups is 1. The smallest absolute Gasteiger partial charge is 0.395 e. The molecule has 4 rings (SSSR count). The molecule has 2 amide bonds. The zero-order valence-electron chi connectivity index (χ0n) is 14.4. The van der Waals surface area contributed by atoms with Crippen LogP contribution in [0.15, 0.2) is 72.9 Å². The molecule has 3 aromatic rings. The highest BCUT2D eigenvalue weighted by Crippen LogP contribution is 2.42. The first-order chi connectivity index (χ1) is 13.5. The van der Waals surface area contributed by atoms with Gasteiger partial charge in [0.1, 0.15) is 0 Å². The molecule has 8 heteroatoms. The predicted molar refractivity (Wildman–Crippen MR) is 97.3 cm³/mol. The molecule has 0 unspecified atom stereocenters. The number of halogens is 2. The Hall–Kier alpha value is -3.68. The molecule has 0 radical (unpaired) electrons. The summed E-state index contributed by atoms with van der Waals surface area (Å²) >= 11 is 0. The summed E-state index contributed by atoms with van der Waals surface area (Å²) in [5.41, 5.74) is 1.79. The molecule has 0 bridgehead atoms. The molecule has 1 aliphatic rings. The molecule has 0 aliphatic carbocycles. The van der Waals surface area contributed by atoms with E-state index in [1.807, 2.05) is 36.4 Å². The number of anilines is 1. The second-order valence-electron chi connectivity index (χ2n) is 6.03. The Kier molecular flexibility index (Phi) is 4.52. The van der Waals surface area contributed by atoms with Gasteiger partial charge in [-0.3, -0.25) is 4.98 Å². The van der Waals surface area contributed by atoms with Crippen molar-refractivity contribution < 1.29 is 23.0 Å². The van der Waals surface area contributed by atoms with Gasteiger partial charge in [0.2, 0.25) is 0 Å². The number of benzene rings is 2. The van der Waals surface area contributed by atoms with Gasteiger partial charge in [0.05, 0.1) is 11.7 Å². The number of aromatic nitrogens is 1. The Morgan fingerprint density at radius 2 is 1.71 bits per heavy atom. The zero-order valence-corrected chi connectivity index (χ0v) is 14.4. The Balaban J connectivity index is 1.52. The zero-order chi connectivity index (χ0) is 19.6. The van der Waals surface area contributed by atoms with Crippen LogP contribution in [0.3, 0.4) is 0 Å². The predicted octanol–water partition coefficient (Wildman–Crippen LogP) is 4.31. The van der Waals surface area contributed by atoms with Crippen LogP contribution in [-0.4, -0.2) is 17.3 Å². The Bertz CT molecular complexity index is 945. The van der Waals surface area contributed by atoms with Crippen LogP contribution in [-0.2, 0) is 0 Å². The van der Waals surface area contributed by atoms with Crippen LogP contribution >= 0.6 is 0 Å². The summed E-state index contributed by atoms with van der Waals surface area (Å²) in [6.45, 7) is 0. The highest BCUT2D eigenvalue weighted by atomic mass is 19.3. The van der Waals surface area contributed by atoms with E-state index in [0.717, 1.165) is 5.56 Å². The number of hydrogen-bond acceptors (Lipinski definition) is 4. The van der Waals surface area contributed by atoms with Gasteiger partial charge in [0.15, 0.2) is 11.5 Å². The second-order valence-corrected chi connectivity index (χ2v) is 6.03. The first-order valence-corrected chi connectivity index (χ1v) is 8.43. The van der Waals surface area contributed by atoms with E-state index in [9.17, 15) is 13.6 Å². The fourth-order valence-corrected chi connectivity index (χ4v) is 2.85. The van der Waals surface area contributed by atoms with E-state index < -0.39 is 18.4 Å². The lowest BCUT2D eigenvalue weighted by molar-refractivity contribution is -0.286. The number of urea groups is 1. The van der Waals surface area contributed by atoms with Crippen molar-refractivity contribution in [3.63, 3.8) is 0 Å². The quantitative estimate of drug-likeness (QED) is 0.704. The highest BCUT2D eigenvalue weighted by Gasteiger charge is 2.43. The van der Waals surface area contributed by atoms with Crippen LogP contribution < -0.4 is 20.1 Å². The molecule has 6 nitrogen and oxygen atoms in total. The average molecular weight is 383 g/mol. The van der Waals surface area contributed by atoms with Gasteiger partial charge in [0, 0.05) is 18.0 Å². The summed E-state index contributed by atoms with van der Waals surface area (Å²) in [4.78, 5) is 16.8. The Labute approximate surface area is 159 Å². The van der Waals surface area contributed by atoms with Crippen LogP contribution in [0.25, 0.3) is 0 Å². The number of amides is 2. The van der Waals surface area contributed by atoms with E-state index in [-0.39, 0.29) is 17.2 Å². The highest BCUT2D eigenvalue weighted by molar-refractivity contribution is 5.90. The standard InChI is InChI=1S/C20H15F2N3O3/c21-20(22)27-16-10-9-14(12-17(16)28-20)24-19(26)25-18(13-6-2-1-3-7-13)15-8-4-5-11-23-15/h1-12,18H,(H2,24,25,26)/t18-/m1/s1. The van der Waals surface area contributed by atoms with E-state index in [4.69, 9.17) is 0 Å². The van der Waals surface area contributed by atoms with E-state index in [0.29, 0.717) is 5.69 Å². The van der Waals surface area contributed by atoms with Crippen LogP contribution in [0.2, 0.25) is 0 Å². The van der Waals surface area contributed by atoms with Gasteiger partial charge in [-0.1, -0.05) is 36.4 Å². The van der Waals surface area contributed by atoms with Gasteiger partial charge in [-0.2, -0.15) is 0 Å². The number of carbonyl (C=O) groups excluding carboxylic acids is 1. The summed E-state index contributed by atoms with van der Waals surface area (Å²) in [6.07, 6.45) is -2.07. The minimum atomic E-state index is -3.71. The van der Waals surface area contributed by atoms with Crippen molar-refractivity contribution in [3.8, 4) is 11.5 Å². The van der Waals surface area contributed by atoms with Crippen molar-refractivity contribution >= 4 is 11.7 Å². The summed E-state index contributed by atoms with van der Waals surface area (Å²) in [5.74, 6) is -0.237. The lowest BCUT2D eigenvalue weighted by Crippen LogP contribution is -2.33. The Morgan fingerprint density at radius 1 is 0.964 bits per heavy atom. The molecule has 1 aromatic heterocycles. The minimum absolute atomic E-state index is 0.0911. The van der Waals surface area contributed by atoms with E-state index in [2.05, 4.69) is 25.1 Å². The normalized spacial score (nSPS) is 14.9. The van der Waals surface area contributed by atoms with E-state index in [1.165, 1.54) is 18.2 Å². The Morgan fingerprint density at radius 3 is 2.46 bits per heavy atom. The molecule has 0 spiro atoms. The third-order valence-electron chi connectivity index (χ3n) is 4.05. The molecule has 1 aliphatic heterocycles. The lowest BCUT2D eigenvalue weighted by atomic mass is 10.0. The van der Waals surface area contributed by atoms with Gasteiger partial charge >= 0.3 is 12.3 Å². The van der Waals surface area contributed by atoms with Crippen LogP contribution in [0.1, 0.15) is 17.3 Å². The number of rotatable bonds is 4. The van der Waals surface area contributed by atoms with Crippen LogP contribution in [0.5, 0.6) is 11.5 Å². The van der Waals surface area contributed by atoms with Crippen molar-refractivity contribution in [3.05, 3.63) is 84.2 Å². The molecule has 28 heavy (non-hydrogen) atoms. The summed E-state index contributed by atoms with van der Waals surface area (Å²) in [5, 5.41) is 5.46. The fourth-order valence-electron chi connectivity index (χ4n) is 2.85. The van der Waals surface area contributed by atoms with Crippen molar-refractivity contribution in [2.75, 3.05) is 5.32 Å². The van der Waals surface area contributed by atoms with Crippen molar-refractivity contribution in [1.82, 2.24) is 10.3 Å². The first-order valence-electron chi connectivity index (χ1n) is 8.43. The van der Waals surface area contributed by atoms with Gasteiger partial charge in [-0.05, 0) is 29.8 Å². The van der Waals surface area contributed by atoms with E-state index >= 15 is 0 Å². The second kappa shape index (κ2) is 7.15. The molecule has 1 atom stereocenters. The number of nitrogens with zero attached hydrogens (tertiary/aromatic N) is 1. The maximum atomic E-state index is 13.1. The molecule has 2 N–H and O–H groups in total. The van der Waals surface area contributed by atoms with Crippen LogP contribution in [0.4, 0.5) is 19.3 Å². The van der Waals surface area contributed by atoms with Gasteiger partial charge < -0.3 is 20.1 Å². The van der Waals surface area contributed by atoms with Crippen LogP contribution in [0, 0.1) is 0 Å². The first kappa shape index (κ1) is 17.7. The number of pyridine rings is 1. The van der Waals surface area contributed by atoms with Crippen molar-refractivity contribution in [1.29, 1.82) is 0 Å².